The first kappa shape index (κ1) is 81.0. The van der Waals surface area contributed by atoms with Gasteiger partial charge in [0.15, 0.2) is 11.6 Å². The summed E-state index contributed by atoms with van der Waals surface area (Å²) in [4.78, 5) is 165. The number of carbonyl (C=O) groups excluding carboxylic acids is 11. The number of piperidine rings is 1. The van der Waals surface area contributed by atoms with Crippen molar-refractivity contribution in [1.82, 2.24) is 40.2 Å². The number of H-pyrrole nitrogens is 1. The van der Waals surface area contributed by atoms with Gasteiger partial charge in [0.25, 0.3) is 11.8 Å². The number of aromatic amines is 1. The van der Waals surface area contributed by atoms with Crippen LogP contribution in [0.3, 0.4) is 0 Å². The molecule has 23 nitrogen and oxygen atoms in total. The number of unbranched alkanes of at least 4 members (excludes halogenated alkanes) is 2. The number of primary amides is 1. The van der Waals surface area contributed by atoms with Crippen LogP contribution in [0.4, 0.5) is 9.59 Å². The fourth-order valence-corrected chi connectivity index (χ4v) is 15.9. The number of amides is 8. The van der Waals surface area contributed by atoms with Crippen molar-refractivity contribution in [3.8, 4) is 11.3 Å². The number of urea groups is 1. The molecule has 0 spiro atoms. The van der Waals surface area contributed by atoms with E-state index in [9.17, 15) is 47.9 Å². The van der Waals surface area contributed by atoms with Crippen LogP contribution < -0.4 is 16.4 Å². The molecule has 5 N–H and O–H groups in total. The van der Waals surface area contributed by atoms with E-state index in [4.69, 9.17) is 24.9 Å². The summed E-state index contributed by atoms with van der Waals surface area (Å²) in [7, 11) is 4.88. The van der Waals surface area contributed by atoms with Crippen LogP contribution in [0.25, 0.3) is 11.3 Å². The Bertz CT molecular complexity index is 3600. The SMILES string of the molecule is CC[C@H](C)[C@@H]([C@@H](CC(=O)N1CCC[C@H]1[C@H](OC)[C@@H](C)C(=O)C[C@@H](Cc1ccccc1)c1ncc(-c2ccccc2)[nH]1)OC)N(C)C(=O)[C@@H](CC(=O)[C@@H]1[C@H]2CC[C@H](C2)N1C(=O)OCc1ccc(CC(=O)[C@H](CCCNC(N)=O)NC(=O)[C@@H](CC(=O)CCCCCN2C(=O)C=CC2=O)C(C)C)cc1)C(C)C. The minimum atomic E-state index is -0.949. The number of ether oxygens (including phenoxy) is 3. The van der Waals surface area contributed by atoms with Crippen LogP contribution in [0.15, 0.2) is 103 Å². The van der Waals surface area contributed by atoms with E-state index >= 15 is 4.79 Å². The number of aromatic nitrogens is 2. The molecule has 2 bridgehead atoms. The number of carbonyl (C=O) groups is 11. The van der Waals surface area contributed by atoms with E-state index in [-0.39, 0.29) is 153 Å². The Hall–Kier alpha value is -8.70. The van der Waals surface area contributed by atoms with Crippen LogP contribution in [0.2, 0.25) is 0 Å². The van der Waals surface area contributed by atoms with Gasteiger partial charge in [-0.1, -0.05) is 146 Å². The maximum Gasteiger partial charge on any atom is 0.410 e. The number of imidazole rings is 1. The lowest BCUT2D eigenvalue weighted by Gasteiger charge is -2.41. The Morgan fingerprint density at radius 2 is 1.41 bits per heavy atom. The summed E-state index contributed by atoms with van der Waals surface area (Å²) in [5.41, 5.74) is 9.50. The fraction of sp³-hybridized carbons (Fsp3) is 0.580. The molecule has 23 heteroatoms. The number of likely N-dealkylation sites (tertiary alicyclic amines) is 2. The summed E-state index contributed by atoms with van der Waals surface area (Å²) in [5.74, 6) is -4.49. The third-order valence-corrected chi connectivity index (χ3v) is 22.1. The van der Waals surface area contributed by atoms with Gasteiger partial charge in [-0.05, 0) is 110 Å². The maximum absolute atomic E-state index is 15.1. The Morgan fingerprint density at radius 3 is 2.06 bits per heavy atom. The van der Waals surface area contributed by atoms with Crippen molar-refractivity contribution in [3.05, 3.63) is 126 Å². The predicted octanol–water partition coefficient (Wildman–Crippen LogP) is 10.5. The summed E-state index contributed by atoms with van der Waals surface area (Å²) in [5, 5.41) is 5.43. The van der Waals surface area contributed by atoms with Crippen molar-refractivity contribution in [3.63, 3.8) is 0 Å². The third-order valence-electron chi connectivity index (χ3n) is 22.1. The van der Waals surface area contributed by atoms with Crippen molar-refractivity contribution in [2.45, 2.75) is 219 Å². The van der Waals surface area contributed by atoms with Gasteiger partial charge in [0.2, 0.25) is 17.7 Å². The quantitative estimate of drug-likeness (QED) is 0.0237. The molecule has 3 aromatic carbocycles. The molecular weight excluding hydrogens is 1320 g/mol. The van der Waals surface area contributed by atoms with Crippen LogP contribution in [-0.2, 0) is 76.8 Å². The van der Waals surface area contributed by atoms with E-state index in [1.54, 1.807) is 55.3 Å². The predicted molar refractivity (Wildman–Crippen MR) is 394 cm³/mol. The normalized spacial score (nSPS) is 19.7. The number of benzene rings is 3. The van der Waals surface area contributed by atoms with Crippen molar-refractivity contribution in [2.24, 2.45) is 47.2 Å². The number of Topliss-reactive ketones (excluding diaryl/α,β-unsaturated/α-hetero) is 4. The molecule has 1 saturated carbocycles. The number of methoxy groups -OCH3 is 2. The lowest BCUT2D eigenvalue weighted by Crippen LogP contribution is -2.54. The Labute approximate surface area is 613 Å². The molecule has 2 saturated heterocycles. The van der Waals surface area contributed by atoms with E-state index in [1.165, 1.54) is 12.2 Å². The molecule has 104 heavy (non-hydrogen) atoms. The highest BCUT2D eigenvalue weighted by Crippen LogP contribution is 2.44. The van der Waals surface area contributed by atoms with Gasteiger partial charge < -0.3 is 45.4 Å². The Kier molecular flexibility index (Phi) is 30.3. The topological polar surface area (TPSA) is 307 Å². The molecule has 4 aromatic rings. The molecule has 0 unspecified atom stereocenters. The van der Waals surface area contributed by atoms with E-state index < -0.39 is 66.1 Å². The van der Waals surface area contributed by atoms with Crippen LogP contribution in [0.1, 0.15) is 180 Å². The highest BCUT2D eigenvalue weighted by molar-refractivity contribution is 6.12. The standard InChI is InChI=1S/C81H111N9O14/c1-11-52(6)74(70(102-9)47-73(97)88-40-22-29-66(88)76(103-10)53(7)67(92)44-59(41-54-23-15-12-16-24-54)77-84-48-65(85-77)57-25-17-13-18-26-57)87(8)79(99)63(51(4)5)46-69(94)75-58-34-35-60(43-58)90(75)81(101)104-49-56-32-30-55(31-33-56)42-68(93)64(28-21-38-83-80(82)100)86-78(98)62(50(2)3)45-61(91)27-19-14-20-39-89-71(95)36-37-72(89)96/h12-13,15-18,23-26,30-33,36-37,48,50-53,58-60,62-64,66,70,74-76H,11,14,19-22,27-29,34-35,38-47,49H2,1-10H3,(H,84,85)(H,86,98)(H3,82,83,100)/t52-,53-,58-,59+,60+,62-,63-,64-,66-,70+,74-,75-,76+/m0/s1. The third kappa shape index (κ3) is 21.5. The summed E-state index contributed by atoms with van der Waals surface area (Å²) < 4.78 is 18.4. The number of hydrogen-bond acceptors (Lipinski definition) is 15. The molecule has 4 aliphatic rings. The number of nitrogens with one attached hydrogen (secondary N) is 3. The van der Waals surface area contributed by atoms with Crippen LogP contribution >= 0.6 is 0 Å². The molecule has 0 radical (unpaired) electrons. The number of nitrogens with zero attached hydrogens (tertiary/aromatic N) is 5. The molecule has 3 fully saturated rings. The average Bonchev–Trinajstić information content (AvgIpc) is 1.60. The van der Waals surface area contributed by atoms with Crippen molar-refractivity contribution in [1.29, 1.82) is 0 Å². The number of hydrogen-bond donors (Lipinski definition) is 4. The van der Waals surface area contributed by atoms with Gasteiger partial charge in [-0.25, -0.2) is 14.6 Å². The highest BCUT2D eigenvalue weighted by atomic mass is 16.6. The Morgan fingerprint density at radius 1 is 0.740 bits per heavy atom. The summed E-state index contributed by atoms with van der Waals surface area (Å²) >= 11 is 0. The number of rotatable bonds is 42. The molecule has 13 atom stereocenters. The van der Waals surface area contributed by atoms with E-state index in [2.05, 4.69) is 27.8 Å². The smallest absolute Gasteiger partial charge is 0.410 e. The fourth-order valence-electron chi connectivity index (χ4n) is 15.9. The zero-order chi connectivity index (χ0) is 75.3. The molecular formula is C81H111N9O14. The van der Waals surface area contributed by atoms with Gasteiger partial charge >= 0.3 is 12.1 Å². The van der Waals surface area contributed by atoms with E-state index in [0.29, 0.717) is 75.5 Å². The lowest BCUT2D eigenvalue weighted by molar-refractivity contribution is -0.149. The maximum atomic E-state index is 15.1. The number of nitrogens with two attached hydrogens (primary N) is 1. The second kappa shape index (κ2) is 38.9. The zero-order valence-corrected chi connectivity index (χ0v) is 62.6. The number of ketones is 4. The van der Waals surface area contributed by atoms with Gasteiger partial charge in [-0.2, -0.15) is 0 Å². The average molecular weight is 1430 g/mol. The first-order valence-electron chi connectivity index (χ1n) is 37.6. The molecule has 564 valence electrons. The molecule has 8 rings (SSSR count). The van der Waals surface area contributed by atoms with Crippen LogP contribution in [-0.4, -0.2) is 178 Å². The van der Waals surface area contributed by atoms with E-state index in [0.717, 1.165) is 40.4 Å². The highest BCUT2D eigenvalue weighted by Gasteiger charge is 2.53. The van der Waals surface area contributed by atoms with Crippen molar-refractivity contribution < 1.29 is 67.0 Å². The lowest BCUT2D eigenvalue weighted by atomic mass is 9.83. The zero-order valence-electron chi connectivity index (χ0n) is 62.6. The van der Waals surface area contributed by atoms with Gasteiger partial charge in [0, 0.05) is 115 Å². The molecule has 1 aliphatic carbocycles. The number of likely N-dealkylation sites (N-methyl/N-ethyl adjacent to an activating group) is 1. The largest absolute Gasteiger partial charge is 0.445 e. The molecule has 8 amide bonds. The first-order chi connectivity index (χ1) is 49.8. The van der Waals surface area contributed by atoms with E-state index in [1.807, 2.05) is 108 Å². The number of fused-ring (bicyclic) bond motifs is 2. The molecule has 4 heterocycles. The summed E-state index contributed by atoms with van der Waals surface area (Å²) in [6.07, 6.45) is 9.43. The second-order valence-corrected chi connectivity index (χ2v) is 29.9. The molecule has 3 aliphatic heterocycles. The van der Waals surface area contributed by atoms with Crippen molar-refractivity contribution in [2.75, 3.05) is 40.9 Å². The minimum Gasteiger partial charge on any atom is -0.445 e. The summed E-state index contributed by atoms with van der Waals surface area (Å²) in [6.45, 7) is 14.2. The van der Waals surface area contributed by atoms with Gasteiger partial charge in [-0.3, -0.25) is 53.0 Å². The minimum absolute atomic E-state index is 0.00413. The monoisotopic (exact) mass is 1430 g/mol. The van der Waals surface area contributed by atoms with Crippen molar-refractivity contribution >= 4 is 64.8 Å². The number of imide groups is 1. The van der Waals surface area contributed by atoms with Gasteiger partial charge in [0.05, 0.1) is 54.7 Å². The first-order valence-corrected chi connectivity index (χ1v) is 37.6. The Balaban J connectivity index is 0.856. The summed E-state index contributed by atoms with van der Waals surface area (Å²) in [6, 6.07) is 23.4. The molecule has 1 aromatic heterocycles. The second-order valence-electron chi connectivity index (χ2n) is 29.9. The van der Waals surface area contributed by atoms with Crippen LogP contribution in [0.5, 0.6) is 0 Å². The van der Waals surface area contributed by atoms with Gasteiger partial charge in [0.1, 0.15) is 24.0 Å². The van der Waals surface area contributed by atoms with Gasteiger partial charge in [-0.15, -0.1) is 0 Å². The van der Waals surface area contributed by atoms with Crippen LogP contribution in [0, 0.1) is 41.4 Å².